The Hall–Kier alpha value is 0.310. The third-order valence-corrected chi connectivity index (χ3v) is 3.80. The number of aliphatic hydroxyl groups is 1. The maximum absolute atomic E-state index is 8.88. The molecule has 0 radical (unpaired) electrons. The SMILES string of the molecule is CCCCC(CC)CSC(C)CO. The number of hydrogen-bond donors (Lipinski definition) is 1. The van der Waals surface area contributed by atoms with E-state index in [1.807, 2.05) is 11.8 Å². The smallest absolute Gasteiger partial charge is 0.0547 e. The van der Waals surface area contributed by atoms with E-state index in [-0.39, 0.29) is 0 Å². The molecule has 0 spiro atoms. The molecule has 0 aromatic rings. The number of thioether (sulfide) groups is 1. The van der Waals surface area contributed by atoms with Gasteiger partial charge in [-0.15, -0.1) is 0 Å². The summed E-state index contributed by atoms with van der Waals surface area (Å²) in [5, 5.41) is 9.29. The van der Waals surface area contributed by atoms with Crippen molar-refractivity contribution in [2.75, 3.05) is 12.4 Å². The lowest BCUT2D eigenvalue weighted by Crippen LogP contribution is -2.09. The average Bonchev–Trinajstić information content (AvgIpc) is 2.17. The summed E-state index contributed by atoms with van der Waals surface area (Å²) in [7, 11) is 0. The van der Waals surface area contributed by atoms with Gasteiger partial charge in [-0.25, -0.2) is 0 Å². The van der Waals surface area contributed by atoms with Gasteiger partial charge in [0, 0.05) is 5.25 Å². The third kappa shape index (κ3) is 7.39. The van der Waals surface area contributed by atoms with Gasteiger partial charge in [0.25, 0.3) is 0 Å². The molecule has 1 nitrogen and oxygen atoms in total. The van der Waals surface area contributed by atoms with Gasteiger partial charge in [0.05, 0.1) is 6.61 Å². The molecule has 0 aliphatic heterocycles. The minimum Gasteiger partial charge on any atom is -0.395 e. The van der Waals surface area contributed by atoms with E-state index in [1.54, 1.807) is 0 Å². The summed E-state index contributed by atoms with van der Waals surface area (Å²) in [6.45, 7) is 6.92. The van der Waals surface area contributed by atoms with Gasteiger partial charge in [0.15, 0.2) is 0 Å². The normalized spacial score (nSPS) is 15.7. The summed E-state index contributed by atoms with van der Waals surface area (Å²) in [4.78, 5) is 0. The predicted molar refractivity (Wildman–Crippen MR) is 62.3 cm³/mol. The first kappa shape index (κ1) is 13.3. The fourth-order valence-electron chi connectivity index (χ4n) is 1.25. The maximum atomic E-state index is 8.88. The van der Waals surface area contributed by atoms with Gasteiger partial charge >= 0.3 is 0 Å². The van der Waals surface area contributed by atoms with Crippen molar-refractivity contribution in [2.45, 2.75) is 51.7 Å². The molecule has 0 aromatic carbocycles. The van der Waals surface area contributed by atoms with Crippen LogP contribution in [0.4, 0.5) is 0 Å². The van der Waals surface area contributed by atoms with Gasteiger partial charge in [-0.05, 0) is 18.1 Å². The van der Waals surface area contributed by atoms with Crippen LogP contribution in [0, 0.1) is 5.92 Å². The van der Waals surface area contributed by atoms with Crippen molar-refractivity contribution in [3.63, 3.8) is 0 Å². The highest BCUT2D eigenvalue weighted by Crippen LogP contribution is 2.21. The second-order valence-electron chi connectivity index (χ2n) is 3.74. The van der Waals surface area contributed by atoms with Gasteiger partial charge < -0.3 is 5.11 Å². The number of hydrogen-bond acceptors (Lipinski definition) is 2. The Balaban J connectivity index is 3.46. The Kier molecular flexibility index (Phi) is 9.10. The molecule has 0 amide bonds. The van der Waals surface area contributed by atoms with Crippen LogP contribution in [0.2, 0.25) is 0 Å². The van der Waals surface area contributed by atoms with Crippen LogP contribution >= 0.6 is 11.8 Å². The summed E-state index contributed by atoms with van der Waals surface area (Å²) >= 11 is 1.91. The fourth-order valence-corrected chi connectivity index (χ4v) is 2.36. The van der Waals surface area contributed by atoms with Crippen molar-refractivity contribution in [3.05, 3.63) is 0 Å². The van der Waals surface area contributed by atoms with E-state index in [9.17, 15) is 0 Å². The topological polar surface area (TPSA) is 20.2 Å². The first-order chi connectivity index (χ1) is 6.24. The van der Waals surface area contributed by atoms with E-state index in [0.717, 1.165) is 5.92 Å². The van der Waals surface area contributed by atoms with Gasteiger partial charge in [-0.1, -0.05) is 40.0 Å². The van der Waals surface area contributed by atoms with Gasteiger partial charge in [0.2, 0.25) is 0 Å². The zero-order valence-electron chi connectivity index (χ0n) is 9.25. The lowest BCUT2D eigenvalue weighted by atomic mass is 10.0. The van der Waals surface area contributed by atoms with Crippen LogP contribution in [0.3, 0.4) is 0 Å². The summed E-state index contributed by atoms with van der Waals surface area (Å²) < 4.78 is 0. The highest BCUT2D eigenvalue weighted by atomic mass is 32.2. The monoisotopic (exact) mass is 204 g/mol. The van der Waals surface area contributed by atoms with E-state index in [0.29, 0.717) is 11.9 Å². The molecule has 0 aromatic heterocycles. The minimum absolute atomic E-state index is 0.314. The Morgan fingerprint density at radius 2 is 2.00 bits per heavy atom. The first-order valence-electron chi connectivity index (χ1n) is 5.47. The van der Waals surface area contributed by atoms with Crippen LogP contribution in [0.15, 0.2) is 0 Å². The molecule has 1 N–H and O–H groups in total. The van der Waals surface area contributed by atoms with E-state index in [2.05, 4.69) is 20.8 Å². The largest absolute Gasteiger partial charge is 0.395 e. The molecule has 2 atom stereocenters. The van der Waals surface area contributed by atoms with Gasteiger partial charge in [-0.2, -0.15) is 11.8 Å². The molecule has 2 heteroatoms. The number of unbranched alkanes of at least 4 members (excludes halogenated alkanes) is 1. The highest BCUT2D eigenvalue weighted by molar-refractivity contribution is 7.99. The minimum atomic E-state index is 0.314. The Morgan fingerprint density at radius 3 is 2.46 bits per heavy atom. The molecule has 0 saturated carbocycles. The van der Waals surface area contributed by atoms with E-state index in [4.69, 9.17) is 5.11 Å². The van der Waals surface area contributed by atoms with E-state index in [1.165, 1.54) is 31.4 Å². The Labute approximate surface area is 87.3 Å². The molecule has 0 heterocycles. The molecular formula is C11H24OS. The third-order valence-electron chi connectivity index (χ3n) is 2.42. The van der Waals surface area contributed by atoms with Crippen LogP contribution < -0.4 is 0 Å². The van der Waals surface area contributed by atoms with Crippen molar-refractivity contribution < 1.29 is 5.11 Å². The second kappa shape index (κ2) is 8.89. The lowest BCUT2D eigenvalue weighted by molar-refractivity contribution is 0.300. The van der Waals surface area contributed by atoms with Crippen LogP contribution in [0.25, 0.3) is 0 Å². The lowest BCUT2D eigenvalue weighted by Gasteiger charge is -2.15. The highest BCUT2D eigenvalue weighted by Gasteiger charge is 2.08. The van der Waals surface area contributed by atoms with Crippen LogP contribution in [-0.2, 0) is 0 Å². The summed E-state index contributed by atoms with van der Waals surface area (Å²) in [5.41, 5.74) is 0. The molecule has 0 rings (SSSR count). The van der Waals surface area contributed by atoms with Crippen LogP contribution in [0.1, 0.15) is 46.5 Å². The molecular weight excluding hydrogens is 180 g/mol. The van der Waals surface area contributed by atoms with Crippen molar-refractivity contribution in [3.8, 4) is 0 Å². The molecule has 0 aliphatic carbocycles. The van der Waals surface area contributed by atoms with E-state index < -0.39 is 0 Å². The van der Waals surface area contributed by atoms with Crippen LogP contribution in [-0.4, -0.2) is 22.7 Å². The molecule has 13 heavy (non-hydrogen) atoms. The summed E-state index contributed by atoms with van der Waals surface area (Å²) in [6, 6.07) is 0. The molecule has 0 bridgehead atoms. The van der Waals surface area contributed by atoms with Crippen molar-refractivity contribution in [1.29, 1.82) is 0 Å². The predicted octanol–water partition coefficient (Wildman–Crippen LogP) is 3.32. The maximum Gasteiger partial charge on any atom is 0.0547 e. The molecule has 80 valence electrons. The zero-order chi connectivity index (χ0) is 10.1. The van der Waals surface area contributed by atoms with Gasteiger partial charge in [-0.3, -0.25) is 0 Å². The molecule has 0 fully saturated rings. The van der Waals surface area contributed by atoms with Gasteiger partial charge in [0.1, 0.15) is 0 Å². The molecule has 0 saturated heterocycles. The quantitative estimate of drug-likeness (QED) is 0.654. The number of rotatable bonds is 8. The zero-order valence-corrected chi connectivity index (χ0v) is 10.1. The standard InChI is InChI=1S/C11H24OS/c1-4-6-7-11(5-2)9-13-10(3)8-12/h10-12H,4-9H2,1-3H3. The Morgan fingerprint density at radius 1 is 1.31 bits per heavy atom. The fraction of sp³-hybridized carbons (Fsp3) is 1.00. The molecule has 2 unspecified atom stereocenters. The Bertz CT molecular complexity index is 106. The van der Waals surface area contributed by atoms with Crippen molar-refractivity contribution in [1.82, 2.24) is 0 Å². The van der Waals surface area contributed by atoms with Crippen molar-refractivity contribution in [2.24, 2.45) is 5.92 Å². The van der Waals surface area contributed by atoms with Crippen LogP contribution in [0.5, 0.6) is 0 Å². The molecule has 0 aliphatic rings. The van der Waals surface area contributed by atoms with E-state index >= 15 is 0 Å². The number of aliphatic hydroxyl groups excluding tert-OH is 1. The second-order valence-corrected chi connectivity index (χ2v) is 5.21. The first-order valence-corrected chi connectivity index (χ1v) is 6.51. The average molecular weight is 204 g/mol. The summed E-state index contributed by atoms with van der Waals surface area (Å²) in [6.07, 6.45) is 5.30. The van der Waals surface area contributed by atoms with Crippen molar-refractivity contribution >= 4 is 11.8 Å². The summed E-state index contributed by atoms with van der Waals surface area (Å²) in [5.74, 6) is 2.08.